The molecule has 15 nitrogen and oxygen atoms in total. The normalized spacial score (nSPS) is 31.5. The Kier molecular flexibility index (Phi) is 31.2. The van der Waals surface area contributed by atoms with E-state index in [0.717, 1.165) is 200 Å². The number of hydrogen-bond donors (Lipinski definition) is 3. The van der Waals surface area contributed by atoms with Gasteiger partial charge in [0.15, 0.2) is 0 Å². The van der Waals surface area contributed by atoms with Crippen molar-refractivity contribution in [2.24, 2.45) is 17.3 Å². The molecular weight excluding hydrogens is 1250 g/mol. The third-order valence-corrected chi connectivity index (χ3v) is 24.9. The van der Waals surface area contributed by atoms with Crippen molar-refractivity contribution in [3.05, 3.63) is 76.9 Å². The predicted molar refractivity (Wildman–Crippen MR) is 402 cm³/mol. The Morgan fingerprint density at radius 3 is 2.10 bits per heavy atom. The van der Waals surface area contributed by atoms with Gasteiger partial charge in [-0.25, -0.2) is 0 Å². The number of nitrogens with zero attached hydrogens (tertiary/aromatic N) is 9. The monoisotopic (exact) mass is 1390 g/mol. The van der Waals surface area contributed by atoms with E-state index in [1.165, 1.54) is 75.7 Å². The van der Waals surface area contributed by atoms with Crippen LogP contribution in [0.15, 0.2) is 54.6 Å². The van der Waals surface area contributed by atoms with E-state index in [1.807, 2.05) is 0 Å². The lowest BCUT2D eigenvalue weighted by Gasteiger charge is -2.56. The molecule has 8 aliphatic heterocycles. The minimum atomic E-state index is -4.50. The first-order valence-electron chi connectivity index (χ1n) is 39.8. The molecule has 1 spiro atoms. The average Bonchev–Trinajstić information content (AvgIpc) is 1.43. The number of nitrogens with one attached hydrogen (secondary N) is 3. The maximum absolute atomic E-state index is 15.2. The van der Waals surface area contributed by atoms with Crippen LogP contribution in [0.5, 0.6) is 5.75 Å². The number of aryl methyl sites for hydroxylation is 2. The number of rotatable bonds is 10. The Hall–Kier alpha value is -3.24. The molecule has 2 aromatic carbocycles. The smallest absolute Gasteiger partial charge is 0.419 e. The highest BCUT2D eigenvalue weighted by Gasteiger charge is 2.51. The van der Waals surface area contributed by atoms with E-state index in [2.05, 4.69) is 173 Å². The van der Waals surface area contributed by atoms with Crippen molar-refractivity contribution in [3.63, 3.8) is 0 Å². The number of methoxy groups -OCH3 is 1. The number of benzene rings is 2. The maximum Gasteiger partial charge on any atom is 0.419 e. The molecule has 1 unspecified atom stereocenters. The van der Waals surface area contributed by atoms with Crippen molar-refractivity contribution in [2.45, 2.75) is 242 Å². The summed E-state index contributed by atoms with van der Waals surface area (Å²) in [5.41, 5.74) is 3.09. The van der Waals surface area contributed by atoms with Gasteiger partial charge in [-0.1, -0.05) is 109 Å². The van der Waals surface area contributed by atoms with Crippen molar-refractivity contribution in [1.29, 1.82) is 0 Å². The summed E-state index contributed by atoms with van der Waals surface area (Å²) in [6, 6.07) is 16.0. The molecule has 2 saturated carbocycles. The van der Waals surface area contributed by atoms with E-state index in [0.29, 0.717) is 61.0 Å². The average molecular weight is 1390 g/mol. The number of carbonyl (C=O) groups is 1. The lowest BCUT2D eigenvalue weighted by atomic mass is 9.59. The second-order valence-corrected chi connectivity index (χ2v) is 33.4. The molecule has 5 fully saturated rings. The van der Waals surface area contributed by atoms with Crippen molar-refractivity contribution in [2.75, 3.05) is 167 Å². The summed E-state index contributed by atoms with van der Waals surface area (Å²) in [6.45, 7) is 27.9. The van der Waals surface area contributed by atoms with E-state index < -0.39 is 11.7 Å². The van der Waals surface area contributed by atoms with E-state index in [-0.39, 0.29) is 40.9 Å². The molecule has 6 bridgehead atoms. The Labute approximate surface area is 599 Å². The number of alkyl halides is 3. The summed E-state index contributed by atoms with van der Waals surface area (Å²) < 4.78 is 54.6. The number of hydrogen-bond acceptors (Lipinski definition) is 14. The van der Waals surface area contributed by atoms with Gasteiger partial charge in [0, 0.05) is 166 Å². The molecule has 8 heterocycles. The van der Waals surface area contributed by atoms with Crippen molar-refractivity contribution in [3.8, 4) is 5.75 Å². The second-order valence-electron chi connectivity index (χ2n) is 33.4. The van der Waals surface area contributed by atoms with Crippen molar-refractivity contribution < 1.29 is 27.4 Å². The van der Waals surface area contributed by atoms with Crippen LogP contribution >= 0.6 is 0 Å². The molecule has 2 aliphatic carbocycles. The van der Waals surface area contributed by atoms with Gasteiger partial charge in [0.05, 0.1) is 24.8 Å². The molecule has 562 valence electrons. The van der Waals surface area contributed by atoms with Gasteiger partial charge in [-0.15, -0.1) is 0 Å². The molecule has 18 heteroatoms. The molecule has 2 aromatic rings. The minimum absolute atomic E-state index is 0.0673. The van der Waals surface area contributed by atoms with Crippen LogP contribution in [0.4, 0.5) is 13.2 Å². The lowest BCUT2D eigenvalue weighted by molar-refractivity contribution is -0.139. The molecule has 3 saturated heterocycles. The van der Waals surface area contributed by atoms with Crippen LogP contribution < -0.4 is 20.7 Å². The van der Waals surface area contributed by atoms with Gasteiger partial charge in [0.2, 0.25) is 5.91 Å². The molecular formula is C81H139F3N12O3. The van der Waals surface area contributed by atoms with Gasteiger partial charge >= 0.3 is 6.18 Å². The Balaban J connectivity index is 1.06. The third-order valence-electron chi connectivity index (χ3n) is 24.9. The Morgan fingerprint density at radius 2 is 1.38 bits per heavy atom. The number of ether oxygens (including phenoxy) is 2. The summed E-state index contributed by atoms with van der Waals surface area (Å²) in [4.78, 5) is 38.6. The number of likely N-dealkylation sites (N-methyl/N-ethyl adjacent to an activating group) is 6. The van der Waals surface area contributed by atoms with Crippen LogP contribution in [0.1, 0.15) is 179 Å². The van der Waals surface area contributed by atoms with Crippen molar-refractivity contribution in [1.82, 2.24) is 60.0 Å². The summed E-state index contributed by atoms with van der Waals surface area (Å²) in [6.07, 6.45) is 24.3. The topological polar surface area (TPSA) is 101 Å². The Bertz CT molecular complexity index is 2700. The summed E-state index contributed by atoms with van der Waals surface area (Å²) in [5.74, 6) is 1.31. The van der Waals surface area contributed by atoms with E-state index in [9.17, 15) is 13.2 Å². The van der Waals surface area contributed by atoms with Gasteiger partial charge in [-0.2, -0.15) is 13.2 Å². The van der Waals surface area contributed by atoms with E-state index in [4.69, 9.17) is 9.47 Å². The first kappa shape index (κ1) is 79.9. The lowest BCUT2D eigenvalue weighted by Crippen LogP contribution is -2.67. The van der Waals surface area contributed by atoms with E-state index in [1.54, 1.807) is 12.1 Å². The molecule has 1 amide bonds. The summed E-state index contributed by atoms with van der Waals surface area (Å²) in [5, 5.41) is 12.7. The van der Waals surface area contributed by atoms with Gasteiger partial charge in [0.1, 0.15) is 5.75 Å². The predicted octanol–water partition coefficient (Wildman–Crippen LogP) is 11.3. The highest BCUT2D eigenvalue weighted by molar-refractivity contribution is 5.82. The summed E-state index contributed by atoms with van der Waals surface area (Å²) in [7, 11) is 15.4. The zero-order valence-electron chi connectivity index (χ0n) is 64.2. The van der Waals surface area contributed by atoms with Gasteiger partial charge in [-0.3, -0.25) is 19.5 Å². The maximum atomic E-state index is 15.2. The fourth-order valence-corrected chi connectivity index (χ4v) is 18.9. The van der Waals surface area contributed by atoms with Gasteiger partial charge < -0.3 is 54.8 Å². The number of likely N-dealkylation sites (tertiary alicyclic amines) is 1. The molecule has 0 aromatic heterocycles. The molecule has 99 heavy (non-hydrogen) atoms. The number of carbonyl (C=O) groups excluding carboxylic acids is 1. The molecule has 10 aliphatic rings. The first-order chi connectivity index (χ1) is 47.5. The van der Waals surface area contributed by atoms with Gasteiger partial charge in [-0.05, 0) is 198 Å². The first-order valence-corrected chi connectivity index (χ1v) is 39.8. The van der Waals surface area contributed by atoms with Crippen LogP contribution in [0, 0.1) is 17.3 Å². The molecule has 11 atom stereocenters. The molecule has 12 rings (SSSR count). The number of amides is 1. The zero-order valence-corrected chi connectivity index (χ0v) is 64.2. The third kappa shape index (κ3) is 23.9. The van der Waals surface area contributed by atoms with Crippen LogP contribution in [0.25, 0.3) is 0 Å². The van der Waals surface area contributed by atoms with Crippen LogP contribution in [-0.4, -0.2) is 277 Å². The van der Waals surface area contributed by atoms with Crippen LogP contribution in [-0.2, 0) is 35.0 Å². The van der Waals surface area contributed by atoms with Gasteiger partial charge in [0.25, 0.3) is 0 Å². The summed E-state index contributed by atoms with van der Waals surface area (Å²) >= 11 is 0. The number of halogens is 3. The molecule has 3 N–H and O–H groups in total. The zero-order chi connectivity index (χ0) is 70.7. The van der Waals surface area contributed by atoms with Crippen molar-refractivity contribution >= 4 is 5.91 Å². The fourth-order valence-electron chi connectivity index (χ4n) is 18.9. The Morgan fingerprint density at radius 1 is 0.667 bits per heavy atom. The SMILES string of the molecule is CCO[C@@H]1C[C@H]2CNC3(CN(C)[C@@H](C4CCCC4)CN(C)[C@H](C(=O)N4CCCC4)CCN(C)[C@H]4CCCCCCc5ccc(cc5)C[C@@H](CN(C)CCN[C@@H](CCc5ccc(C(F)(F)F)c(OC)c5)CN2C1)N1CC/C=C\C[C@@H](C1)N(C)CCN(C)C[C@H]([C@@H](C)CC)NC4)CC(C)(C)C3. The van der Waals surface area contributed by atoms with Crippen LogP contribution in [0.2, 0.25) is 0 Å². The quantitative estimate of drug-likeness (QED) is 0.197. The highest BCUT2D eigenvalue weighted by atomic mass is 19.4. The fraction of sp³-hybridized carbons (Fsp3) is 0.815. The minimum Gasteiger partial charge on any atom is -0.496 e. The largest absolute Gasteiger partial charge is 0.496 e. The highest BCUT2D eigenvalue weighted by Crippen LogP contribution is 2.49. The molecule has 0 radical (unpaired) electrons. The van der Waals surface area contributed by atoms with E-state index >= 15 is 4.79 Å². The van der Waals surface area contributed by atoms with Crippen LogP contribution in [0.3, 0.4) is 0 Å². The standard InChI is InChI=1S/C81H139F3N12O3/c1-13-62(3)74-57-89(7)46-47-91(9)69-30-20-17-23-43-95(55-69)71-48-64-33-31-63(32-34-64)26-18-15-16-19-29-68(51-86-74)90(8)44-39-75(78(97)94-41-24-25-42-94)92(10)58-76(66-27-21-22-28-66)93(11)61-80(59-79(4,5)60-80)87-52-70-50-72(99-14-2)56-96(70)53-67(85-40-45-88(6)54-71)37-35-65-36-38-73(81(82,83)84)77(49-65)98-12/h17,20,31-34,36,38,49,62,66-72,74-76,85-87H,13-16,18-19,21-30,35,37,39-48,50-61H2,1-12H3/b20-17-/t62-,67-,68-,69-,70-,71-,72+,74+,75-,76+/m0/s1. The second kappa shape index (κ2) is 38.7.